The van der Waals surface area contributed by atoms with E-state index in [4.69, 9.17) is 4.74 Å². The Balaban J connectivity index is 1.19. The van der Waals surface area contributed by atoms with Crippen LogP contribution in [0, 0.1) is 0 Å². The molecule has 0 N–H and O–H groups in total. The number of rotatable bonds is 6. The molecule has 0 atom stereocenters. The second kappa shape index (κ2) is 8.68. The van der Waals surface area contributed by atoms with Crippen molar-refractivity contribution in [2.24, 2.45) is 0 Å². The SMILES string of the molecule is COc1ccc(CCN2CCN(C(=O)CN3c4cccc5cccc(c45)S3(=O)=O)CC2)cc1. The highest BCUT2D eigenvalue weighted by Crippen LogP contribution is 2.41. The van der Waals surface area contributed by atoms with Crippen molar-refractivity contribution >= 4 is 32.4 Å². The summed E-state index contributed by atoms with van der Waals surface area (Å²) in [4.78, 5) is 17.5. The maximum Gasteiger partial charge on any atom is 0.265 e. The van der Waals surface area contributed by atoms with E-state index in [9.17, 15) is 13.2 Å². The van der Waals surface area contributed by atoms with Crippen LogP contribution in [0.5, 0.6) is 5.75 Å². The van der Waals surface area contributed by atoms with Gasteiger partial charge in [-0.3, -0.25) is 14.0 Å². The topological polar surface area (TPSA) is 70.2 Å². The number of sulfonamides is 1. The Morgan fingerprint density at radius 3 is 2.33 bits per heavy atom. The van der Waals surface area contributed by atoms with Crippen molar-refractivity contribution in [1.82, 2.24) is 9.80 Å². The van der Waals surface area contributed by atoms with E-state index < -0.39 is 10.0 Å². The predicted octanol–water partition coefficient (Wildman–Crippen LogP) is 2.74. The maximum absolute atomic E-state index is 13.1. The van der Waals surface area contributed by atoms with Crippen LogP contribution in [0.2, 0.25) is 0 Å². The van der Waals surface area contributed by atoms with Crippen molar-refractivity contribution < 1.29 is 17.9 Å². The first-order chi connectivity index (χ1) is 16.0. The second-order valence-corrected chi connectivity index (χ2v) is 10.3. The third kappa shape index (κ3) is 4.05. The number of piperazine rings is 1. The van der Waals surface area contributed by atoms with Gasteiger partial charge in [0.05, 0.1) is 17.7 Å². The minimum atomic E-state index is -3.72. The summed E-state index contributed by atoms with van der Waals surface area (Å²) in [7, 11) is -2.06. The molecule has 7 nitrogen and oxygen atoms in total. The number of nitrogens with zero attached hydrogens (tertiary/aromatic N) is 3. The molecule has 0 unspecified atom stereocenters. The van der Waals surface area contributed by atoms with Gasteiger partial charge in [-0.25, -0.2) is 8.42 Å². The van der Waals surface area contributed by atoms with Gasteiger partial charge >= 0.3 is 0 Å². The van der Waals surface area contributed by atoms with Crippen LogP contribution in [-0.2, 0) is 21.2 Å². The standard InChI is InChI=1S/C25H27N3O4S/c1-32-21-10-8-19(9-11-21)12-13-26-14-16-27(17-15-26)24(29)18-28-22-6-2-4-20-5-3-7-23(25(20)22)33(28,30)31/h2-11H,12-18H2,1H3. The molecule has 0 saturated carbocycles. The summed E-state index contributed by atoms with van der Waals surface area (Å²) in [5.74, 6) is 0.698. The largest absolute Gasteiger partial charge is 0.497 e. The zero-order chi connectivity index (χ0) is 23.0. The van der Waals surface area contributed by atoms with E-state index >= 15 is 0 Å². The van der Waals surface area contributed by atoms with E-state index in [1.165, 1.54) is 9.87 Å². The number of hydrogen-bond acceptors (Lipinski definition) is 5. The fraction of sp³-hybridized carbons (Fsp3) is 0.320. The molecule has 1 amide bonds. The molecule has 2 aliphatic rings. The van der Waals surface area contributed by atoms with Crippen molar-refractivity contribution in [3.05, 3.63) is 66.2 Å². The van der Waals surface area contributed by atoms with Crippen LogP contribution in [-0.4, -0.2) is 70.5 Å². The van der Waals surface area contributed by atoms with Gasteiger partial charge in [-0.05, 0) is 41.6 Å². The van der Waals surface area contributed by atoms with Gasteiger partial charge in [0.15, 0.2) is 0 Å². The van der Waals surface area contributed by atoms with Crippen LogP contribution in [0.3, 0.4) is 0 Å². The van der Waals surface area contributed by atoms with Gasteiger partial charge < -0.3 is 9.64 Å². The number of benzene rings is 3. The van der Waals surface area contributed by atoms with E-state index in [-0.39, 0.29) is 17.3 Å². The maximum atomic E-state index is 13.1. The highest BCUT2D eigenvalue weighted by molar-refractivity contribution is 7.93. The molecule has 1 fully saturated rings. The Morgan fingerprint density at radius 2 is 1.64 bits per heavy atom. The lowest BCUT2D eigenvalue weighted by molar-refractivity contribution is -0.131. The molecule has 5 rings (SSSR count). The Hall–Kier alpha value is -3.10. The summed E-state index contributed by atoms with van der Waals surface area (Å²) in [5, 5.41) is 1.57. The van der Waals surface area contributed by atoms with E-state index in [2.05, 4.69) is 17.0 Å². The summed E-state index contributed by atoms with van der Waals surface area (Å²) in [6.07, 6.45) is 0.937. The average Bonchev–Trinajstić information content (AvgIpc) is 3.06. The lowest BCUT2D eigenvalue weighted by atomic mass is 10.1. The predicted molar refractivity (Wildman–Crippen MR) is 128 cm³/mol. The van der Waals surface area contributed by atoms with Crippen LogP contribution >= 0.6 is 0 Å². The fourth-order valence-electron chi connectivity index (χ4n) is 4.65. The van der Waals surface area contributed by atoms with E-state index in [0.29, 0.717) is 24.2 Å². The van der Waals surface area contributed by atoms with Gasteiger partial charge in [0.2, 0.25) is 5.91 Å². The van der Waals surface area contributed by atoms with E-state index in [0.717, 1.165) is 37.2 Å². The zero-order valence-corrected chi connectivity index (χ0v) is 19.4. The van der Waals surface area contributed by atoms with Crippen LogP contribution in [0.4, 0.5) is 5.69 Å². The molecule has 0 aliphatic carbocycles. The van der Waals surface area contributed by atoms with Crippen LogP contribution in [0.25, 0.3) is 10.8 Å². The van der Waals surface area contributed by atoms with E-state index in [1.54, 1.807) is 30.2 Å². The van der Waals surface area contributed by atoms with Gasteiger partial charge in [0.25, 0.3) is 10.0 Å². The third-order valence-electron chi connectivity index (χ3n) is 6.56. The first kappa shape index (κ1) is 21.7. The summed E-state index contributed by atoms with van der Waals surface area (Å²) < 4.78 is 32.7. The summed E-state index contributed by atoms with van der Waals surface area (Å²) in [6.45, 7) is 3.53. The summed E-state index contributed by atoms with van der Waals surface area (Å²) in [6, 6.07) is 18.9. The van der Waals surface area contributed by atoms with Crippen LogP contribution < -0.4 is 9.04 Å². The van der Waals surface area contributed by atoms with Gasteiger partial charge in [-0.1, -0.05) is 36.4 Å². The second-order valence-electron chi connectivity index (χ2n) is 8.46. The normalized spacial score (nSPS) is 17.5. The van der Waals surface area contributed by atoms with Crippen molar-refractivity contribution in [2.75, 3.05) is 50.7 Å². The number of ether oxygens (including phenoxy) is 1. The Bertz CT molecular complexity index is 1280. The van der Waals surface area contributed by atoms with Crippen molar-refractivity contribution in [3.63, 3.8) is 0 Å². The van der Waals surface area contributed by atoms with E-state index in [1.807, 2.05) is 30.3 Å². The number of anilines is 1. The highest BCUT2D eigenvalue weighted by Gasteiger charge is 2.37. The first-order valence-corrected chi connectivity index (χ1v) is 12.6. The molecule has 2 heterocycles. The van der Waals surface area contributed by atoms with Gasteiger partial charge in [-0.2, -0.15) is 0 Å². The molecule has 0 radical (unpaired) electrons. The molecular weight excluding hydrogens is 438 g/mol. The Labute approximate surface area is 194 Å². The van der Waals surface area contributed by atoms with Crippen LogP contribution in [0.15, 0.2) is 65.6 Å². The number of carbonyl (C=O) groups excluding carboxylic acids is 1. The number of hydrogen-bond donors (Lipinski definition) is 0. The fourth-order valence-corrected chi connectivity index (χ4v) is 6.31. The molecular formula is C25H27N3O4S. The lowest BCUT2D eigenvalue weighted by Crippen LogP contribution is -2.51. The van der Waals surface area contributed by atoms with Gasteiger partial charge in [0, 0.05) is 38.1 Å². The average molecular weight is 466 g/mol. The minimum Gasteiger partial charge on any atom is -0.497 e. The molecule has 3 aromatic carbocycles. The van der Waals surface area contributed by atoms with Gasteiger partial charge in [-0.15, -0.1) is 0 Å². The van der Waals surface area contributed by atoms with Crippen molar-refractivity contribution in [1.29, 1.82) is 0 Å². The first-order valence-electron chi connectivity index (χ1n) is 11.1. The molecule has 3 aromatic rings. The quantitative estimate of drug-likeness (QED) is 0.560. The Kier molecular flexibility index (Phi) is 5.72. The molecule has 2 aliphatic heterocycles. The smallest absolute Gasteiger partial charge is 0.265 e. The van der Waals surface area contributed by atoms with Crippen molar-refractivity contribution in [3.8, 4) is 5.75 Å². The Morgan fingerprint density at radius 1 is 0.939 bits per heavy atom. The van der Waals surface area contributed by atoms with Crippen LogP contribution in [0.1, 0.15) is 5.56 Å². The molecule has 0 aromatic heterocycles. The zero-order valence-electron chi connectivity index (χ0n) is 18.6. The van der Waals surface area contributed by atoms with Crippen molar-refractivity contribution in [2.45, 2.75) is 11.3 Å². The lowest BCUT2D eigenvalue weighted by Gasteiger charge is -2.35. The molecule has 172 valence electrons. The highest BCUT2D eigenvalue weighted by atomic mass is 32.2. The molecule has 8 heteroatoms. The molecule has 33 heavy (non-hydrogen) atoms. The number of amides is 1. The monoisotopic (exact) mass is 465 g/mol. The third-order valence-corrected chi connectivity index (χ3v) is 8.36. The molecule has 0 spiro atoms. The minimum absolute atomic E-state index is 0.154. The number of methoxy groups -OCH3 is 1. The summed E-state index contributed by atoms with van der Waals surface area (Å²) in [5.41, 5.74) is 1.84. The summed E-state index contributed by atoms with van der Waals surface area (Å²) >= 11 is 0. The molecule has 1 saturated heterocycles. The number of carbonyl (C=O) groups is 1. The van der Waals surface area contributed by atoms with Gasteiger partial charge in [0.1, 0.15) is 12.3 Å². The molecule has 0 bridgehead atoms.